The van der Waals surface area contributed by atoms with E-state index in [1.54, 1.807) is 0 Å². The summed E-state index contributed by atoms with van der Waals surface area (Å²) >= 11 is 0. The van der Waals surface area contributed by atoms with Gasteiger partial charge in [0, 0.05) is 13.1 Å². The van der Waals surface area contributed by atoms with Crippen molar-refractivity contribution in [3.8, 4) is 0 Å². The summed E-state index contributed by atoms with van der Waals surface area (Å²) in [4.78, 5) is 10.4. The summed E-state index contributed by atoms with van der Waals surface area (Å²) in [6.07, 6.45) is 1.59. The second-order valence-electron chi connectivity index (χ2n) is 3.95. The molecule has 1 heterocycles. The summed E-state index contributed by atoms with van der Waals surface area (Å²) in [5.74, 6) is -0.673. The fraction of sp³-hybridized carbons (Fsp3) is 0.889. The third kappa shape index (κ3) is 3.46. The van der Waals surface area contributed by atoms with E-state index in [9.17, 15) is 13.2 Å². The van der Waals surface area contributed by atoms with E-state index in [1.165, 1.54) is 4.31 Å². The van der Waals surface area contributed by atoms with Gasteiger partial charge in [0.25, 0.3) is 0 Å². The molecule has 1 aliphatic rings. The SMILES string of the molecule is CCCCS(=O)(=O)N1CC(CC(=O)O)C1. The molecule has 1 fully saturated rings. The molecule has 0 aromatic rings. The number of sulfonamides is 1. The minimum absolute atomic E-state index is 0.00102. The number of nitrogens with zero attached hydrogens (tertiary/aromatic N) is 1. The van der Waals surface area contributed by atoms with Gasteiger partial charge in [-0.05, 0) is 12.3 Å². The molecule has 1 N–H and O–H groups in total. The van der Waals surface area contributed by atoms with Crippen LogP contribution in [0.25, 0.3) is 0 Å². The fourth-order valence-electron chi connectivity index (χ4n) is 1.58. The molecule has 0 saturated carbocycles. The van der Waals surface area contributed by atoms with Crippen molar-refractivity contribution in [1.82, 2.24) is 4.31 Å². The summed E-state index contributed by atoms with van der Waals surface area (Å²) < 4.78 is 24.5. The Kier molecular flexibility index (Phi) is 4.10. The zero-order chi connectivity index (χ0) is 11.5. The lowest BCUT2D eigenvalue weighted by atomic mass is 10.00. The van der Waals surface area contributed by atoms with Gasteiger partial charge in [-0.2, -0.15) is 0 Å². The maximum Gasteiger partial charge on any atom is 0.303 e. The average Bonchev–Trinajstić information content (AvgIpc) is 2.06. The normalized spacial score (nSPS) is 18.7. The molecule has 1 saturated heterocycles. The highest BCUT2D eigenvalue weighted by atomic mass is 32.2. The van der Waals surface area contributed by atoms with Crippen molar-refractivity contribution in [2.45, 2.75) is 26.2 Å². The van der Waals surface area contributed by atoms with Crippen LogP contribution in [0.15, 0.2) is 0 Å². The van der Waals surface area contributed by atoms with Crippen LogP contribution in [0.2, 0.25) is 0 Å². The maximum atomic E-state index is 11.6. The van der Waals surface area contributed by atoms with Gasteiger partial charge in [0.2, 0.25) is 10.0 Å². The minimum atomic E-state index is -3.11. The van der Waals surface area contributed by atoms with Gasteiger partial charge >= 0.3 is 5.97 Å². The topological polar surface area (TPSA) is 74.7 Å². The van der Waals surface area contributed by atoms with Crippen molar-refractivity contribution in [3.63, 3.8) is 0 Å². The number of unbranched alkanes of at least 4 members (excludes halogenated alkanes) is 1. The Balaban J connectivity index is 2.34. The molecule has 0 unspecified atom stereocenters. The molecule has 0 amide bonds. The lowest BCUT2D eigenvalue weighted by Gasteiger charge is -2.37. The van der Waals surface area contributed by atoms with E-state index >= 15 is 0 Å². The highest BCUT2D eigenvalue weighted by Gasteiger charge is 2.35. The smallest absolute Gasteiger partial charge is 0.303 e. The van der Waals surface area contributed by atoms with Crippen molar-refractivity contribution in [3.05, 3.63) is 0 Å². The molecule has 6 heteroatoms. The van der Waals surface area contributed by atoms with Gasteiger partial charge in [-0.25, -0.2) is 12.7 Å². The average molecular weight is 235 g/mol. The Morgan fingerprint density at radius 1 is 1.47 bits per heavy atom. The van der Waals surface area contributed by atoms with Gasteiger partial charge < -0.3 is 5.11 Å². The van der Waals surface area contributed by atoms with Crippen molar-refractivity contribution in [1.29, 1.82) is 0 Å². The Labute approximate surface area is 90.1 Å². The second kappa shape index (κ2) is 4.94. The predicted molar refractivity (Wildman–Crippen MR) is 56.0 cm³/mol. The highest BCUT2D eigenvalue weighted by Crippen LogP contribution is 2.23. The zero-order valence-corrected chi connectivity index (χ0v) is 9.66. The standard InChI is InChI=1S/C9H17NO4S/c1-2-3-4-15(13,14)10-6-8(7-10)5-9(11)12/h8H,2-7H2,1H3,(H,11,12). The van der Waals surface area contributed by atoms with E-state index < -0.39 is 16.0 Å². The van der Waals surface area contributed by atoms with Gasteiger partial charge in [0.15, 0.2) is 0 Å². The molecular formula is C9H17NO4S. The Morgan fingerprint density at radius 2 is 2.07 bits per heavy atom. The molecule has 0 aliphatic carbocycles. The first kappa shape index (κ1) is 12.4. The van der Waals surface area contributed by atoms with E-state index in [0.29, 0.717) is 19.5 Å². The molecule has 0 radical (unpaired) electrons. The van der Waals surface area contributed by atoms with Crippen LogP contribution < -0.4 is 0 Å². The van der Waals surface area contributed by atoms with E-state index in [4.69, 9.17) is 5.11 Å². The molecule has 88 valence electrons. The zero-order valence-electron chi connectivity index (χ0n) is 8.85. The number of carboxylic acid groups (broad SMARTS) is 1. The summed E-state index contributed by atoms with van der Waals surface area (Å²) in [5, 5.41) is 8.51. The Hall–Kier alpha value is -0.620. The molecule has 0 aromatic heterocycles. The fourth-order valence-corrected chi connectivity index (χ4v) is 3.37. The minimum Gasteiger partial charge on any atom is -0.481 e. The van der Waals surface area contributed by atoms with E-state index in [0.717, 1.165) is 6.42 Å². The number of hydrogen-bond donors (Lipinski definition) is 1. The lowest BCUT2D eigenvalue weighted by molar-refractivity contribution is -0.139. The largest absolute Gasteiger partial charge is 0.481 e. The van der Waals surface area contributed by atoms with Crippen LogP contribution in [0.1, 0.15) is 26.2 Å². The molecule has 0 aromatic carbocycles. The molecule has 1 rings (SSSR count). The van der Waals surface area contributed by atoms with E-state index in [2.05, 4.69) is 0 Å². The van der Waals surface area contributed by atoms with Crippen LogP contribution in [-0.4, -0.2) is 42.6 Å². The van der Waals surface area contributed by atoms with Crippen molar-refractivity contribution >= 4 is 16.0 Å². The van der Waals surface area contributed by atoms with Crippen molar-refractivity contribution in [2.75, 3.05) is 18.8 Å². The van der Waals surface area contributed by atoms with Gasteiger partial charge in [0.1, 0.15) is 0 Å². The van der Waals surface area contributed by atoms with Crippen molar-refractivity contribution in [2.24, 2.45) is 5.92 Å². The molecule has 0 atom stereocenters. The number of carbonyl (C=O) groups is 1. The van der Waals surface area contributed by atoms with Gasteiger partial charge in [-0.3, -0.25) is 4.79 Å². The lowest BCUT2D eigenvalue weighted by Crippen LogP contribution is -2.51. The van der Waals surface area contributed by atoms with Gasteiger partial charge in [-0.15, -0.1) is 0 Å². The first-order valence-corrected chi connectivity index (χ1v) is 6.76. The summed E-state index contributed by atoms with van der Waals surface area (Å²) in [5.41, 5.74) is 0. The second-order valence-corrected chi connectivity index (χ2v) is 6.04. The predicted octanol–water partition coefficient (Wildman–Crippen LogP) is 0.523. The highest BCUT2D eigenvalue weighted by molar-refractivity contribution is 7.89. The van der Waals surface area contributed by atoms with Crippen molar-refractivity contribution < 1.29 is 18.3 Å². The molecule has 1 aliphatic heterocycles. The summed E-state index contributed by atoms with van der Waals surface area (Å²) in [6, 6.07) is 0. The molecule has 0 bridgehead atoms. The van der Waals surface area contributed by atoms with E-state index in [1.807, 2.05) is 6.92 Å². The van der Waals surface area contributed by atoms with E-state index in [-0.39, 0.29) is 18.1 Å². The maximum absolute atomic E-state index is 11.6. The number of carboxylic acids is 1. The van der Waals surface area contributed by atoms with Crippen LogP contribution in [0.3, 0.4) is 0 Å². The first-order valence-electron chi connectivity index (χ1n) is 5.15. The molecule has 15 heavy (non-hydrogen) atoms. The van der Waals surface area contributed by atoms with Crippen LogP contribution in [0.4, 0.5) is 0 Å². The number of hydrogen-bond acceptors (Lipinski definition) is 3. The molecule has 5 nitrogen and oxygen atoms in total. The Morgan fingerprint density at radius 3 is 2.53 bits per heavy atom. The summed E-state index contributed by atoms with van der Waals surface area (Å²) in [6.45, 7) is 2.69. The third-order valence-corrected chi connectivity index (χ3v) is 4.43. The van der Waals surface area contributed by atoms with Crippen LogP contribution in [-0.2, 0) is 14.8 Å². The van der Waals surface area contributed by atoms with Gasteiger partial charge in [0.05, 0.1) is 12.2 Å². The number of rotatable bonds is 6. The quantitative estimate of drug-likeness (QED) is 0.728. The van der Waals surface area contributed by atoms with Crippen LogP contribution in [0, 0.1) is 5.92 Å². The molecule has 0 spiro atoms. The van der Waals surface area contributed by atoms with Crippen LogP contribution >= 0.6 is 0 Å². The first-order chi connectivity index (χ1) is 6.95. The number of aliphatic carboxylic acids is 1. The summed E-state index contributed by atoms with van der Waals surface area (Å²) in [7, 11) is -3.11. The van der Waals surface area contributed by atoms with Crippen LogP contribution in [0.5, 0.6) is 0 Å². The monoisotopic (exact) mass is 235 g/mol. The third-order valence-electron chi connectivity index (χ3n) is 2.54. The van der Waals surface area contributed by atoms with Gasteiger partial charge in [-0.1, -0.05) is 13.3 Å². The Bertz CT molecular complexity index is 319. The molecular weight excluding hydrogens is 218 g/mol.